The van der Waals surface area contributed by atoms with E-state index in [0.717, 1.165) is 19.3 Å². The van der Waals surface area contributed by atoms with Crippen molar-refractivity contribution in [1.29, 1.82) is 0 Å². The van der Waals surface area contributed by atoms with Gasteiger partial charge in [0.25, 0.3) is 10.2 Å². The van der Waals surface area contributed by atoms with Gasteiger partial charge in [0.05, 0.1) is 0 Å². The second-order valence-electron chi connectivity index (χ2n) is 4.08. The molecule has 16 heavy (non-hydrogen) atoms. The monoisotopic (exact) mass is 249 g/mol. The van der Waals surface area contributed by atoms with Crippen molar-refractivity contribution in [2.24, 2.45) is 5.73 Å². The summed E-state index contributed by atoms with van der Waals surface area (Å²) in [7, 11) is -3.26. The Hall–Kier alpha value is -0.170. The molecular formula is C10H23N3O2S. The van der Waals surface area contributed by atoms with Crippen molar-refractivity contribution < 1.29 is 8.42 Å². The van der Waals surface area contributed by atoms with Crippen LogP contribution in [0.2, 0.25) is 0 Å². The summed E-state index contributed by atoms with van der Waals surface area (Å²) in [5.41, 5.74) is 5.45. The molecule has 1 saturated carbocycles. The minimum Gasteiger partial charge on any atom is -0.330 e. The Morgan fingerprint density at radius 3 is 2.19 bits per heavy atom. The topological polar surface area (TPSA) is 66.6 Å². The lowest BCUT2D eigenvalue weighted by molar-refractivity contribution is 0.340. The fraction of sp³-hybridized carbons (Fsp3) is 1.00. The normalized spacial score (nSPS) is 17.3. The maximum absolute atomic E-state index is 12.3. The first kappa shape index (κ1) is 13.9. The van der Waals surface area contributed by atoms with Crippen LogP contribution in [-0.4, -0.2) is 49.2 Å². The molecule has 0 saturated heterocycles. The molecule has 0 atom stereocenters. The molecule has 0 heterocycles. The van der Waals surface area contributed by atoms with E-state index >= 15 is 0 Å². The second kappa shape index (κ2) is 5.95. The highest BCUT2D eigenvalue weighted by atomic mass is 32.2. The van der Waals surface area contributed by atoms with E-state index in [1.54, 1.807) is 4.31 Å². The number of rotatable bonds is 8. The Balaban J connectivity index is 2.74. The molecule has 0 aliphatic heterocycles. The predicted octanol–water partition coefficient (Wildman–Crippen LogP) is 0.386. The van der Waals surface area contributed by atoms with E-state index < -0.39 is 10.2 Å². The average Bonchev–Trinajstić information content (AvgIpc) is 3.03. The van der Waals surface area contributed by atoms with Crippen LogP contribution in [0.3, 0.4) is 0 Å². The molecule has 0 amide bonds. The number of hydrogen-bond acceptors (Lipinski definition) is 3. The highest BCUT2D eigenvalue weighted by Crippen LogP contribution is 2.30. The van der Waals surface area contributed by atoms with Gasteiger partial charge in [-0.3, -0.25) is 0 Å². The van der Waals surface area contributed by atoms with E-state index in [4.69, 9.17) is 5.73 Å². The van der Waals surface area contributed by atoms with Gasteiger partial charge >= 0.3 is 0 Å². The maximum atomic E-state index is 12.3. The molecule has 0 radical (unpaired) electrons. The van der Waals surface area contributed by atoms with E-state index in [9.17, 15) is 8.42 Å². The molecule has 0 spiro atoms. The van der Waals surface area contributed by atoms with E-state index in [1.165, 1.54) is 4.31 Å². The summed E-state index contributed by atoms with van der Waals surface area (Å²) in [6.07, 6.45) is 2.72. The summed E-state index contributed by atoms with van der Waals surface area (Å²) in [5.74, 6) is 0. The largest absolute Gasteiger partial charge is 0.330 e. The Kier molecular flexibility index (Phi) is 5.17. The highest BCUT2D eigenvalue weighted by Gasteiger charge is 2.38. The molecule has 0 aromatic heterocycles. The molecule has 2 N–H and O–H groups in total. The van der Waals surface area contributed by atoms with Crippen LogP contribution in [0, 0.1) is 0 Å². The smallest absolute Gasteiger partial charge is 0.282 e. The summed E-state index contributed by atoms with van der Waals surface area (Å²) in [5, 5.41) is 0. The van der Waals surface area contributed by atoms with Crippen LogP contribution >= 0.6 is 0 Å². The first-order valence-electron chi connectivity index (χ1n) is 6.04. The highest BCUT2D eigenvalue weighted by molar-refractivity contribution is 7.86. The van der Waals surface area contributed by atoms with Crippen LogP contribution < -0.4 is 5.73 Å². The third-order valence-electron chi connectivity index (χ3n) is 2.86. The van der Waals surface area contributed by atoms with Gasteiger partial charge in [-0.1, -0.05) is 13.8 Å². The lowest BCUT2D eigenvalue weighted by Gasteiger charge is -2.28. The Morgan fingerprint density at radius 1 is 1.25 bits per heavy atom. The molecule has 5 nitrogen and oxygen atoms in total. The van der Waals surface area contributed by atoms with E-state index in [-0.39, 0.29) is 6.04 Å². The molecule has 0 unspecified atom stereocenters. The summed E-state index contributed by atoms with van der Waals surface area (Å²) in [6, 6.07) is 0.220. The van der Waals surface area contributed by atoms with Crippen molar-refractivity contribution in [3.8, 4) is 0 Å². The number of nitrogens with two attached hydrogens (primary N) is 1. The standard InChI is InChI=1S/C10H23N3O2S/c1-3-12(4-2)16(14,15)13(9-5-8-11)10-6-7-10/h10H,3-9,11H2,1-2H3. The molecule has 6 heteroatoms. The maximum Gasteiger partial charge on any atom is 0.282 e. The lowest BCUT2D eigenvalue weighted by atomic mass is 10.4. The van der Waals surface area contributed by atoms with Gasteiger partial charge in [-0.15, -0.1) is 0 Å². The predicted molar refractivity (Wildman–Crippen MR) is 65.2 cm³/mol. The van der Waals surface area contributed by atoms with Crippen LogP contribution in [0.1, 0.15) is 33.1 Å². The summed E-state index contributed by atoms with van der Waals surface area (Å²) < 4.78 is 27.7. The molecule has 1 rings (SSSR count). The molecule has 96 valence electrons. The van der Waals surface area contributed by atoms with Crippen molar-refractivity contribution in [1.82, 2.24) is 8.61 Å². The van der Waals surface area contributed by atoms with Crippen molar-refractivity contribution >= 4 is 10.2 Å². The van der Waals surface area contributed by atoms with Gasteiger partial charge in [0.2, 0.25) is 0 Å². The van der Waals surface area contributed by atoms with Crippen LogP contribution in [0.25, 0.3) is 0 Å². The summed E-state index contributed by atoms with van der Waals surface area (Å²) >= 11 is 0. The molecule has 1 aliphatic carbocycles. The van der Waals surface area contributed by atoms with Crippen molar-refractivity contribution in [3.05, 3.63) is 0 Å². The minimum absolute atomic E-state index is 0.220. The van der Waals surface area contributed by atoms with Crippen LogP contribution in [0.5, 0.6) is 0 Å². The molecule has 0 bridgehead atoms. The van der Waals surface area contributed by atoms with Gasteiger partial charge in [0, 0.05) is 25.7 Å². The number of hydrogen-bond donors (Lipinski definition) is 1. The van der Waals surface area contributed by atoms with Crippen molar-refractivity contribution in [2.75, 3.05) is 26.2 Å². The molecule has 1 fully saturated rings. The van der Waals surface area contributed by atoms with Gasteiger partial charge < -0.3 is 5.73 Å². The summed E-state index contributed by atoms with van der Waals surface area (Å²) in [4.78, 5) is 0. The van der Waals surface area contributed by atoms with Gasteiger partial charge in [-0.05, 0) is 25.8 Å². The van der Waals surface area contributed by atoms with Crippen molar-refractivity contribution in [3.63, 3.8) is 0 Å². The summed E-state index contributed by atoms with van der Waals surface area (Å²) in [6.45, 7) is 5.90. The van der Waals surface area contributed by atoms with Crippen LogP contribution in [-0.2, 0) is 10.2 Å². The van der Waals surface area contributed by atoms with Crippen molar-refractivity contribution in [2.45, 2.75) is 39.2 Å². The van der Waals surface area contributed by atoms with E-state index in [1.807, 2.05) is 13.8 Å². The first-order chi connectivity index (χ1) is 7.57. The zero-order valence-electron chi connectivity index (χ0n) is 10.2. The number of nitrogens with zero attached hydrogens (tertiary/aromatic N) is 2. The van der Waals surface area contributed by atoms with E-state index in [2.05, 4.69) is 0 Å². The minimum atomic E-state index is -3.26. The quantitative estimate of drug-likeness (QED) is 0.676. The van der Waals surface area contributed by atoms with Crippen LogP contribution in [0.15, 0.2) is 0 Å². The SMILES string of the molecule is CCN(CC)S(=O)(=O)N(CCCN)C1CC1. The first-order valence-corrected chi connectivity index (χ1v) is 7.44. The fourth-order valence-corrected chi connectivity index (χ4v) is 3.69. The van der Waals surface area contributed by atoms with Gasteiger partial charge in [-0.25, -0.2) is 0 Å². The molecule has 1 aliphatic rings. The second-order valence-corrected chi connectivity index (χ2v) is 5.96. The molecule has 0 aromatic carbocycles. The average molecular weight is 249 g/mol. The molecular weight excluding hydrogens is 226 g/mol. The van der Waals surface area contributed by atoms with Gasteiger partial charge in [0.1, 0.15) is 0 Å². The Labute approximate surface area is 98.8 Å². The third-order valence-corrected chi connectivity index (χ3v) is 5.11. The van der Waals surface area contributed by atoms with Gasteiger partial charge in [0.15, 0.2) is 0 Å². The Morgan fingerprint density at radius 2 is 1.81 bits per heavy atom. The van der Waals surface area contributed by atoms with E-state index in [0.29, 0.717) is 26.2 Å². The fourth-order valence-electron chi connectivity index (χ4n) is 1.79. The van der Waals surface area contributed by atoms with Gasteiger partial charge in [-0.2, -0.15) is 17.0 Å². The lowest BCUT2D eigenvalue weighted by Crippen LogP contribution is -2.45. The third kappa shape index (κ3) is 3.16. The zero-order valence-corrected chi connectivity index (χ0v) is 11.0. The zero-order chi connectivity index (χ0) is 12.2. The Bertz CT molecular complexity index is 297. The molecule has 0 aromatic rings. The van der Waals surface area contributed by atoms with Crippen LogP contribution in [0.4, 0.5) is 0 Å².